The van der Waals surface area contributed by atoms with Gasteiger partial charge in [0, 0.05) is 18.7 Å². The van der Waals surface area contributed by atoms with Gasteiger partial charge in [-0.3, -0.25) is 4.79 Å². The van der Waals surface area contributed by atoms with Gasteiger partial charge in [0.25, 0.3) is 5.91 Å². The highest BCUT2D eigenvalue weighted by Gasteiger charge is 2.17. The highest BCUT2D eigenvalue weighted by Crippen LogP contribution is 2.18. The monoisotopic (exact) mass is 243 g/mol. The summed E-state index contributed by atoms with van der Waals surface area (Å²) in [7, 11) is 0. The smallest absolute Gasteiger partial charge is 0.251 e. The molecule has 1 atom stereocenters. The topological polar surface area (TPSA) is 64.9 Å². The number of rotatable bonds is 3. The third-order valence-electron chi connectivity index (χ3n) is 3.17. The lowest BCUT2D eigenvalue weighted by molar-refractivity contribution is 0.0949. The summed E-state index contributed by atoms with van der Waals surface area (Å²) in [6, 6.07) is 7.93. The third-order valence-corrected chi connectivity index (χ3v) is 3.17. The SMILES string of the molecule is CC(C#N)CNC(=O)c1cccc2c1CCNC2. The number of hydrogen-bond donors (Lipinski definition) is 2. The summed E-state index contributed by atoms with van der Waals surface area (Å²) in [5, 5.41) is 14.8. The lowest BCUT2D eigenvalue weighted by Gasteiger charge is -2.20. The molecule has 1 heterocycles. The van der Waals surface area contributed by atoms with Gasteiger partial charge in [0.1, 0.15) is 0 Å². The molecule has 4 nitrogen and oxygen atoms in total. The maximum absolute atomic E-state index is 12.1. The first-order valence-electron chi connectivity index (χ1n) is 6.21. The van der Waals surface area contributed by atoms with Crippen LogP contribution in [0.5, 0.6) is 0 Å². The summed E-state index contributed by atoms with van der Waals surface area (Å²) in [6.45, 7) is 3.93. The van der Waals surface area contributed by atoms with Crippen LogP contribution in [0.1, 0.15) is 28.4 Å². The van der Waals surface area contributed by atoms with Gasteiger partial charge >= 0.3 is 0 Å². The molecule has 1 aliphatic rings. The van der Waals surface area contributed by atoms with E-state index in [-0.39, 0.29) is 11.8 Å². The van der Waals surface area contributed by atoms with Gasteiger partial charge in [0.05, 0.1) is 12.0 Å². The second kappa shape index (κ2) is 5.65. The molecule has 0 radical (unpaired) electrons. The number of hydrogen-bond acceptors (Lipinski definition) is 3. The molecule has 1 aromatic carbocycles. The van der Waals surface area contributed by atoms with E-state index in [0.29, 0.717) is 6.54 Å². The van der Waals surface area contributed by atoms with Crippen LogP contribution >= 0.6 is 0 Å². The minimum absolute atomic E-state index is 0.0733. The van der Waals surface area contributed by atoms with E-state index in [0.717, 1.165) is 30.6 Å². The second-order valence-electron chi connectivity index (χ2n) is 4.61. The molecule has 2 rings (SSSR count). The Bertz CT molecular complexity index is 490. The second-order valence-corrected chi connectivity index (χ2v) is 4.61. The highest BCUT2D eigenvalue weighted by atomic mass is 16.1. The van der Waals surface area contributed by atoms with Crippen LogP contribution in [0.3, 0.4) is 0 Å². The Kier molecular flexibility index (Phi) is 3.96. The summed E-state index contributed by atoms with van der Waals surface area (Å²) >= 11 is 0. The first-order chi connectivity index (χ1) is 8.72. The molecule has 0 bridgehead atoms. The van der Waals surface area contributed by atoms with Crippen molar-refractivity contribution in [3.63, 3.8) is 0 Å². The third kappa shape index (κ3) is 2.69. The van der Waals surface area contributed by atoms with Crippen molar-refractivity contribution in [3.8, 4) is 6.07 Å². The fourth-order valence-corrected chi connectivity index (χ4v) is 2.13. The quantitative estimate of drug-likeness (QED) is 0.839. The van der Waals surface area contributed by atoms with Crippen molar-refractivity contribution in [1.29, 1.82) is 5.26 Å². The molecule has 1 aliphatic heterocycles. The molecule has 0 aromatic heterocycles. The Morgan fingerprint density at radius 3 is 3.22 bits per heavy atom. The first kappa shape index (κ1) is 12.6. The zero-order valence-corrected chi connectivity index (χ0v) is 10.5. The predicted octanol–water partition coefficient (Wildman–Crippen LogP) is 1.22. The van der Waals surface area contributed by atoms with Crippen LogP contribution in [0.4, 0.5) is 0 Å². The van der Waals surface area contributed by atoms with Crippen LogP contribution < -0.4 is 10.6 Å². The molecular weight excluding hydrogens is 226 g/mol. The van der Waals surface area contributed by atoms with E-state index in [1.807, 2.05) is 12.1 Å². The number of carbonyl (C=O) groups excluding carboxylic acids is 1. The van der Waals surface area contributed by atoms with E-state index < -0.39 is 0 Å². The fourth-order valence-electron chi connectivity index (χ4n) is 2.13. The van der Waals surface area contributed by atoms with Crippen molar-refractivity contribution in [3.05, 3.63) is 34.9 Å². The maximum Gasteiger partial charge on any atom is 0.251 e. The summed E-state index contributed by atoms with van der Waals surface area (Å²) in [4.78, 5) is 12.1. The molecule has 0 aliphatic carbocycles. The Morgan fingerprint density at radius 1 is 1.61 bits per heavy atom. The normalized spacial score (nSPS) is 15.3. The van der Waals surface area contributed by atoms with Gasteiger partial charge in [-0.15, -0.1) is 0 Å². The minimum atomic E-state index is -0.157. The van der Waals surface area contributed by atoms with E-state index in [9.17, 15) is 4.79 Å². The van der Waals surface area contributed by atoms with Gasteiger partial charge in [-0.05, 0) is 37.1 Å². The van der Waals surface area contributed by atoms with Crippen LogP contribution in [-0.2, 0) is 13.0 Å². The lowest BCUT2D eigenvalue weighted by Crippen LogP contribution is -2.31. The van der Waals surface area contributed by atoms with E-state index in [4.69, 9.17) is 5.26 Å². The van der Waals surface area contributed by atoms with Crippen LogP contribution in [0, 0.1) is 17.2 Å². The molecular formula is C14H17N3O. The maximum atomic E-state index is 12.1. The molecule has 18 heavy (non-hydrogen) atoms. The molecule has 0 spiro atoms. The molecule has 2 N–H and O–H groups in total. The Morgan fingerprint density at radius 2 is 2.44 bits per heavy atom. The molecule has 1 amide bonds. The van der Waals surface area contributed by atoms with Crippen LogP contribution in [0.25, 0.3) is 0 Å². The zero-order chi connectivity index (χ0) is 13.0. The number of nitriles is 1. The van der Waals surface area contributed by atoms with Gasteiger partial charge in [-0.25, -0.2) is 0 Å². The van der Waals surface area contributed by atoms with Crippen molar-refractivity contribution in [2.75, 3.05) is 13.1 Å². The van der Waals surface area contributed by atoms with Crippen LogP contribution in [0.2, 0.25) is 0 Å². The molecule has 0 saturated carbocycles. The molecule has 4 heteroatoms. The Hall–Kier alpha value is -1.86. The van der Waals surface area contributed by atoms with E-state index in [1.165, 1.54) is 5.56 Å². The highest BCUT2D eigenvalue weighted by molar-refractivity contribution is 5.96. The number of benzene rings is 1. The van der Waals surface area contributed by atoms with Crippen molar-refractivity contribution < 1.29 is 4.79 Å². The largest absolute Gasteiger partial charge is 0.351 e. The van der Waals surface area contributed by atoms with Gasteiger partial charge in [-0.2, -0.15) is 5.26 Å². The van der Waals surface area contributed by atoms with Crippen molar-refractivity contribution >= 4 is 5.91 Å². The predicted molar refractivity (Wildman–Crippen MR) is 69.0 cm³/mol. The van der Waals surface area contributed by atoms with E-state index >= 15 is 0 Å². The molecule has 94 valence electrons. The number of nitrogens with one attached hydrogen (secondary N) is 2. The fraction of sp³-hybridized carbons (Fsp3) is 0.429. The molecule has 0 fully saturated rings. The molecule has 1 aromatic rings. The average Bonchev–Trinajstić information content (AvgIpc) is 2.43. The number of fused-ring (bicyclic) bond motifs is 1. The Balaban J connectivity index is 2.13. The van der Waals surface area contributed by atoms with Crippen LogP contribution in [0.15, 0.2) is 18.2 Å². The Labute approximate surface area is 107 Å². The van der Waals surface area contributed by atoms with Crippen molar-refractivity contribution in [1.82, 2.24) is 10.6 Å². The average molecular weight is 243 g/mol. The number of amides is 1. The summed E-state index contributed by atoms with van der Waals surface area (Å²) in [6.07, 6.45) is 0.882. The van der Waals surface area contributed by atoms with Crippen LogP contribution in [-0.4, -0.2) is 19.0 Å². The number of carbonyl (C=O) groups is 1. The standard InChI is InChI=1S/C14H17N3O/c1-10(7-15)8-17-14(18)13-4-2-3-11-9-16-6-5-12(11)13/h2-4,10,16H,5-6,8-9H2,1H3,(H,17,18). The van der Waals surface area contributed by atoms with E-state index in [2.05, 4.69) is 22.8 Å². The molecule has 1 unspecified atom stereocenters. The lowest BCUT2D eigenvalue weighted by atomic mass is 9.95. The number of nitrogens with zero attached hydrogens (tertiary/aromatic N) is 1. The van der Waals surface area contributed by atoms with Gasteiger partial charge < -0.3 is 10.6 Å². The summed E-state index contributed by atoms with van der Waals surface area (Å²) in [5.74, 6) is -0.231. The first-order valence-corrected chi connectivity index (χ1v) is 6.21. The summed E-state index contributed by atoms with van der Waals surface area (Å²) < 4.78 is 0. The van der Waals surface area contributed by atoms with Gasteiger partial charge in [0.15, 0.2) is 0 Å². The zero-order valence-electron chi connectivity index (χ0n) is 10.5. The van der Waals surface area contributed by atoms with Crippen molar-refractivity contribution in [2.45, 2.75) is 19.9 Å². The van der Waals surface area contributed by atoms with Gasteiger partial charge in [-0.1, -0.05) is 12.1 Å². The van der Waals surface area contributed by atoms with Gasteiger partial charge in [0.2, 0.25) is 0 Å². The molecule has 0 saturated heterocycles. The minimum Gasteiger partial charge on any atom is -0.351 e. The van der Waals surface area contributed by atoms with Crippen molar-refractivity contribution in [2.24, 2.45) is 5.92 Å². The summed E-state index contributed by atoms with van der Waals surface area (Å²) in [5.41, 5.74) is 3.08. The van der Waals surface area contributed by atoms with E-state index in [1.54, 1.807) is 6.92 Å².